The Kier molecular flexibility index (Phi) is 11.3. The van der Waals surface area contributed by atoms with Gasteiger partial charge in [-0.3, -0.25) is 0 Å². The van der Waals surface area contributed by atoms with Gasteiger partial charge in [-0.2, -0.15) is 13.2 Å². The highest BCUT2D eigenvalue weighted by molar-refractivity contribution is 7.41. The van der Waals surface area contributed by atoms with Crippen molar-refractivity contribution in [3.05, 3.63) is 51.2 Å². The minimum Gasteiger partial charge on any atom is -0.493 e. The summed E-state index contributed by atoms with van der Waals surface area (Å²) in [4.78, 5) is 7.10. The molecule has 2 heterocycles. The van der Waals surface area contributed by atoms with Gasteiger partial charge in [0.25, 0.3) is 0 Å². The minimum atomic E-state index is -4.54. The maximum atomic E-state index is 14.0. The molecule has 1 unspecified atom stereocenters. The molecule has 1 aliphatic rings. The summed E-state index contributed by atoms with van der Waals surface area (Å²) in [6.45, 7) is 15.9. The highest BCUT2D eigenvalue weighted by Crippen LogP contribution is 2.48. The summed E-state index contributed by atoms with van der Waals surface area (Å²) in [5.74, 6) is 0.368. The van der Waals surface area contributed by atoms with E-state index < -0.39 is 37.1 Å². The lowest BCUT2D eigenvalue weighted by molar-refractivity contribution is -0.139. The molecule has 2 aromatic rings. The van der Waals surface area contributed by atoms with Crippen LogP contribution >= 0.6 is 19.9 Å². The van der Waals surface area contributed by atoms with Crippen molar-refractivity contribution in [2.45, 2.75) is 104 Å². The third kappa shape index (κ3) is 11.5. The van der Waals surface area contributed by atoms with E-state index in [4.69, 9.17) is 23.0 Å². The first kappa shape index (κ1) is 33.8. The van der Waals surface area contributed by atoms with E-state index in [1.54, 1.807) is 24.3 Å². The van der Waals surface area contributed by atoms with Crippen LogP contribution in [-0.2, 0) is 37.3 Å². The Labute approximate surface area is 247 Å². The fourth-order valence-electron chi connectivity index (χ4n) is 4.11. The van der Waals surface area contributed by atoms with Gasteiger partial charge in [0.05, 0.1) is 30.0 Å². The average Bonchev–Trinajstić information content (AvgIpc) is 3.42. The fourth-order valence-corrected chi connectivity index (χ4v) is 6.42. The molecule has 0 N–H and O–H groups in total. The third-order valence-corrected chi connectivity index (χ3v) is 8.72. The van der Waals surface area contributed by atoms with E-state index in [1.807, 2.05) is 60.6 Å². The SMILES string of the molecule is CC1=NC(CCc2ccc(OCCCc3ccc(C)s3)c(C(F)(F)F)c2)(COP(OC(C)(C)C)OC(C)(C)C)CO1. The van der Waals surface area contributed by atoms with Crippen molar-refractivity contribution in [3.8, 4) is 5.75 Å². The van der Waals surface area contributed by atoms with Gasteiger partial charge < -0.3 is 23.0 Å². The number of hydrogen-bond donors (Lipinski definition) is 0. The maximum Gasteiger partial charge on any atom is 0.419 e. The van der Waals surface area contributed by atoms with Crippen molar-refractivity contribution in [3.63, 3.8) is 0 Å². The number of aryl methyl sites for hydroxylation is 3. The predicted molar refractivity (Wildman–Crippen MR) is 159 cm³/mol. The molecule has 0 bridgehead atoms. The highest BCUT2D eigenvalue weighted by Gasteiger charge is 2.39. The second-order valence-corrected chi connectivity index (χ2v) is 14.8. The van der Waals surface area contributed by atoms with Crippen molar-refractivity contribution < 1.29 is 36.2 Å². The Morgan fingerprint density at radius 2 is 1.66 bits per heavy atom. The Bertz CT molecular complexity index is 1160. The number of aliphatic imine (C=N–C) groups is 1. The molecule has 230 valence electrons. The zero-order valence-corrected chi connectivity index (χ0v) is 27.0. The van der Waals surface area contributed by atoms with Crippen LogP contribution in [-0.4, -0.2) is 42.5 Å². The molecule has 0 saturated heterocycles. The first-order valence-electron chi connectivity index (χ1n) is 13.8. The number of hydrogen-bond acceptors (Lipinski definition) is 7. The molecule has 41 heavy (non-hydrogen) atoms. The van der Waals surface area contributed by atoms with E-state index in [1.165, 1.54) is 21.9 Å². The molecule has 1 atom stereocenters. The van der Waals surface area contributed by atoms with Gasteiger partial charge in [0, 0.05) is 16.7 Å². The van der Waals surface area contributed by atoms with Crippen LogP contribution in [0.15, 0.2) is 35.3 Å². The number of ether oxygens (including phenoxy) is 2. The molecule has 6 nitrogen and oxygen atoms in total. The van der Waals surface area contributed by atoms with E-state index >= 15 is 0 Å². The standard InChI is InChI=1S/C30H43F3NO5PS/c1-21-11-13-24(41-21)10-9-17-35-26-14-12-23(18-25(26)30(31,32)33)15-16-29(19-36-22(2)34-29)20-37-40(38-27(3,4)5)39-28(6,7)8/h11-14,18H,9-10,15-17,19-20H2,1-8H3. The van der Waals surface area contributed by atoms with E-state index in [2.05, 4.69) is 4.99 Å². The number of benzene rings is 1. The zero-order valence-electron chi connectivity index (χ0n) is 25.3. The van der Waals surface area contributed by atoms with Crippen molar-refractivity contribution in [1.82, 2.24) is 0 Å². The summed E-state index contributed by atoms with van der Waals surface area (Å²) in [6.07, 6.45) is -2.35. The minimum absolute atomic E-state index is 0.149. The van der Waals surface area contributed by atoms with Gasteiger partial charge in [-0.1, -0.05) is 6.07 Å². The average molecular weight is 618 g/mol. The zero-order chi connectivity index (χ0) is 30.5. The van der Waals surface area contributed by atoms with Crippen LogP contribution in [0.3, 0.4) is 0 Å². The summed E-state index contributed by atoms with van der Waals surface area (Å²) in [6, 6.07) is 8.37. The molecule has 11 heteroatoms. The van der Waals surface area contributed by atoms with Crippen LogP contribution in [0, 0.1) is 6.92 Å². The van der Waals surface area contributed by atoms with E-state index in [0.29, 0.717) is 30.7 Å². The number of alkyl halides is 3. The van der Waals surface area contributed by atoms with Gasteiger partial charge in [0.2, 0.25) is 0 Å². The molecule has 0 saturated carbocycles. The molecule has 1 aromatic carbocycles. The summed E-state index contributed by atoms with van der Waals surface area (Å²) in [5.41, 5.74) is -1.97. The molecule has 0 amide bonds. The second kappa shape index (κ2) is 13.7. The molecule has 0 spiro atoms. The largest absolute Gasteiger partial charge is 0.493 e. The van der Waals surface area contributed by atoms with Gasteiger partial charge in [-0.25, -0.2) is 4.99 Å². The molecule has 1 aliphatic heterocycles. The number of nitrogens with zero attached hydrogens (tertiary/aromatic N) is 1. The lowest BCUT2D eigenvalue weighted by Gasteiger charge is -2.32. The topological polar surface area (TPSA) is 58.5 Å². The smallest absolute Gasteiger partial charge is 0.419 e. The van der Waals surface area contributed by atoms with Gasteiger partial charge >= 0.3 is 14.8 Å². The number of thiophene rings is 1. The molecule has 1 aromatic heterocycles. The Hall–Kier alpha value is -1.71. The first-order valence-corrected chi connectivity index (χ1v) is 15.7. The lowest BCUT2D eigenvalue weighted by atomic mass is 9.93. The third-order valence-electron chi connectivity index (χ3n) is 5.93. The van der Waals surface area contributed by atoms with Crippen LogP contribution < -0.4 is 4.74 Å². The van der Waals surface area contributed by atoms with Crippen molar-refractivity contribution >= 4 is 25.8 Å². The molecule has 3 rings (SSSR count). The van der Waals surface area contributed by atoms with Crippen LogP contribution in [0.1, 0.15) is 82.2 Å². The normalized spacial score (nSPS) is 18.1. The van der Waals surface area contributed by atoms with E-state index in [0.717, 1.165) is 6.42 Å². The van der Waals surface area contributed by atoms with Crippen molar-refractivity contribution in [1.29, 1.82) is 0 Å². The van der Waals surface area contributed by atoms with Crippen LogP contribution in [0.25, 0.3) is 0 Å². The lowest BCUT2D eigenvalue weighted by Crippen LogP contribution is -2.35. The Morgan fingerprint density at radius 3 is 2.20 bits per heavy atom. The number of halogens is 3. The monoisotopic (exact) mass is 617 g/mol. The van der Waals surface area contributed by atoms with Gasteiger partial charge in [-0.05, 0) is 104 Å². The summed E-state index contributed by atoms with van der Waals surface area (Å²) in [7, 11) is -1.70. The van der Waals surface area contributed by atoms with Gasteiger partial charge in [0.1, 0.15) is 17.9 Å². The maximum absolute atomic E-state index is 14.0. The highest BCUT2D eigenvalue weighted by atomic mass is 32.1. The van der Waals surface area contributed by atoms with E-state index in [-0.39, 0.29) is 25.6 Å². The van der Waals surface area contributed by atoms with Crippen molar-refractivity contribution in [2.75, 3.05) is 19.8 Å². The summed E-state index contributed by atoms with van der Waals surface area (Å²) < 4.78 is 71.4. The van der Waals surface area contributed by atoms with E-state index in [9.17, 15) is 13.2 Å². The molecule has 0 radical (unpaired) electrons. The van der Waals surface area contributed by atoms with Crippen molar-refractivity contribution in [2.24, 2.45) is 4.99 Å². The quantitative estimate of drug-likeness (QED) is 0.166. The molecule has 0 fully saturated rings. The van der Waals surface area contributed by atoms with Crippen LogP contribution in [0.5, 0.6) is 5.75 Å². The summed E-state index contributed by atoms with van der Waals surface area (Å²) in [5, 5.41) is 0. The van der Waals surface area contributed by atoms with Crippen LogP contribution in [0.2, 0.25) is 0 Å². The Balaban J connectivity index is 1.67. The number of rotatable bonds is 13. The second-order valence-electron chi connectivity index (χ2n) is 12.3. The summed E-state index contributed by atoms with van der Waals surface area (Å²) >= 11 is 1.69. The van der Waals surface area contributed by atoms with Crippen LogP contribution in [0.4, 0.5) is 13.2 Å². The molecular weight excluding hydrogens is 574 g/mol. The van der Waals surface area contributed by atoms with Gasteiger partial charge in [0.15, 0.2) is 5.90 Å². The fraction of sp³-hybridized carbons (Fsp3) is 0.633. The molecular formula is C30H43F3NO5PS. The Morgan fingerprint density at radius 1 is 0.976 bits per heavy atom. The van der Waals surface area contributed by atoms with Gasteiger partial charge in [-0.15, -0.1) is 11.3 Å². The predicted octanol–water partition coefficient (Wildman–Crippen LogP) is 9.08. The molecule has 0 aliphatic carbocycles. The first-order chi connectivity index (χ1) is 18.9.